The lowest BCUT2D eigenvalue weighted by Gasteiger charge is -2.37. The minimum absolute atomic E-state index is 0.0255. The molecule has 0 saturated heterocycles. The molecule has 0 aliphatic heterocycles. The first-order valence-corrected chi connectivity index (χ1v) is 12.5. The van der Waals surface area contributed by atoms with Crippen molar-refractivity contribution in [3.05, 3.63) is 165 Å². The Morgan fingerprint density at radius 2 is 1.07 bits per heavy atom. The number of benzene rings is 5. The number of carbonyl (C=O) groups is 1. The van der Waals surface area contributed by atoms with Gasteiger partial charge in [0.15, 0.2) is 17.4 Å². The van der Waals surface area contributed by atoms with Gasteiger partial charge < -0.3 is 10.4 Å². The molecule has 200 valence electrons. The predicted molar refractivity (Wildman–Crippen MR) is 146 cm³/mol. The number of nitrogens with one attached hydrogen (secondary N) is 1. The van der Waals surface area contributed by atoms with Gasteiger partial charge in [0.2, 0.25) is 11.6 Å². The number of amides is 1. The number of hydrogen-bond acceptors (Lipinski definition) is 2. The van der Waals surface area contributed by atoms with Gasteiger partial charge in [0.25, 0.3) is 5.91 Å². The second-order valence-electron chi connectivity index (χ2n) is 8.98. The largest absolute Gasteiger partial charge is 0.504 e. The van der Waals surface area contributed by atoms with Crippen molar-refractivity contribution < 1.29 is 27.5 Å². The van der Waals surface area contributed by atoms with E-state index in [1.807, 2.05) is 91.0 Å². The number of aromatic hydroxyl groups is 1. The van der Waals surface area contributed by atoms with E-state index in [1.165, 1.54) is 6.07 Å². The molecule has 0 saturated carbocycles. The van der Waals surface area contributed by atoms with Gasteiger partial charge in [-0.2, -0.15) is 4.39 Å². The number of phenols is 1. The van der Waals surface area contributed by atoms with Crippen LogP contribution in [0.5, 0.6) is 5.75 Å². The van der Waals surface area contributed by atoms with Gasteiger partial charge in [-0.3, -0.25) is 4.79 Å². The molecule has 0 fully saturated rings. The molecule has 0 heterocycles. The topological polar surface area (TPSA) is 49.3 Å². The van der Waals surface area contributed by atoms with E-state index in [0.29, 0.717) is 0 Å². The molecule has 2 N–H and O–H groups in total. The maximum atomic E-state index is 14.3. The number of carbonyl (C=O) groups excluding carboxylic acids is 1. The summed E-state index contributed by atoms with van der Waals surface area (Å²) in [5.74, 6) is -11.6. The molecule has 0 unspecified atom stereocenters. The van der Waals surface area contributed by atoms with Crippen LogP contribution in [0, 0.1) is 23.3 Å². The maximum absolute atomic E-state index is 14.3. The fraction of sp³-hybridized carbons (Fsp3) is 0.0312. The van der Waals surface area contributed by atoms with E-state index in [9.17, 15) is 27.5 Å². The third-order valence-electron chi connectivity index (χ3n) is 6.74. The summed E-state index contributed by atoms with van der Waals surface area (Å²) in [5, 5.41) is 12.1. The van der Waals surface area contributed by atoms with Crippen LogP contribution in [-0.2, 0) is 5.41 Å². The van der Waals surface area contributed by atoms with Gasteiger partial charge in [0.1, 0.15) is 5.56 Å². The number of anilines is 1. The van der Waals surface area contributed by atoms with Gasteiger partial charge in [-0.05, 0) is 34.4 Å². The smallest absolute Gasteiger partial charge is 0.262 e. The Kier molecular flexibility index (Phi) is 7.32. The molecule has 0 radical (unpaired) electrons. The lowest BCUT2D eigenvalue weighted by atomic mass is 9.65. The Bertz CT molecular complexity index is 1570. The second-order valence-corrected chi connectivity index (χ2v) is 9.38. The van der Waals surface area contributed by atoms with Crippen LogP contribution in [0.1, 0.15) is 32.6 Å². The van der Waals surface area contributed by atoms with Crippen LogP contribution >= 0.6 is 11.6 Å². The molecular formula is C32H20ClF4NO2. The molecule has 0 spiro atoms. The van der Waals surface area contributed by atoms with E-state index in [1.54, 1.807) is 12.1 Å². The molecule has 8 heteroatoms. The summed E-state index contributed by atoms with van der Waals surface area (Å²) < 4.78 is 55.4. The molecule has 0 aliphatic rings. The minimum atomic E-state index is -2.23. The summed E-state index contributed by atoms with van der Waals surface area (Å²) in [6, 6.07) is 34.0. The highest BCUT2D eigenvalue weighted by atomic mass is 35.5. The number of rotatable bonds is 6. The van der Waals surface area contributed by atoms with Crippen molar-refractivity contribution in [2.75, 3.05) is 5.32 Å². The number of phenolic OH excluding ortho intramolecular Hbond substituents is 1. The molecule has 5 aromatic carbocycles. The van der Waals surface area contributed by atoms with E-state index < -0.39 is 45.9 Å². The first-order chi connectivity index (χ1) is 19.3. The molecule has 1 amide bonds. The SMILES string of the molecule is O=C(Nc1ccc(C(c2ccccc2)(c2ccccc2)c2ccccc2)cc1Cl)c1c(O)c(F)c(F)c(F)c1F. The highest BCUT2D eigenvalue weighted by molar-refractivity contribution is 6.34. The van der Waals surface area contributed by atoms with Crippen LogP contribution in [-0.4, -0.2) is 11.0 Å². The van der Waals surface area contributed by atoms with Gasteiger partial charge in [-0.25, -0.2) is 13.2 Å². The van der Waals surface area contributed by atoms with E-state index in [0.717, 1.165) is 22.3 Å². The van der Waals surface area contributed by atoms with Crippen molar-refractivity contribution >= 4 is 23.2 Å². The third-order valence-corrected chi connectivity index (χ3v) is 7.05. The van der Waals surface area contributed by atoms with Crippen molar-refractivity contribution in [3.8, 4) is 5.75 Å². The van der Waals surface area contributed by atoms with Crippen LogP contribution in [0.3, 0.4) is 0 Å². The molecule has 3 nitrogen and oxygen atoms in total. The summed E-state index contributed by atoms with van der Waals surface area (Å²) in [5.41, 5.74) is 1.28. The van der Waals surface area contributed by atoms with Crippen molar-refractivity contribution in [3.63, 3.8) is 0 Å². The van der Waals surface area contributed by atoms with Gasteiger partial charge >= 0.3 is 0 Å². The fourth-order valence-corrected chi connectivity index (χ4v) is 5.15. The zero-order valence-electron chi connectivity index (χ0n) is 20.6. The monoisotopic (exact) mass is 561 g/mol. The summed E-state index contributed by atoms with van der Waals surface area (Å²) in [7, 11) is 0. The van der Waals surface area contributed by atoms with E-state index in [4.69, 9.17) is 11.6 Å². The molecular weight excluding hydrogens is 542 g/mol. The molecule has 5 rings (SSSR count). The molecule has 5 aromatic rings. The van der Waals surface area contributed by atoms with Crippen LogP contribution < -0.4 is 5.32 Å². The summed E-state index contributed by atoms with van der Waals surface area (Å²) in [6.45, 7) is 0. The Balaban J connectivity index is 1.65. The Labute approximate surface area is 232 Å². The predicted octanol–water partition coefficient (Wildman–Crippen LogP) is 8.24. The minimum Gasteiger partial charge on any atom is -0.504 e. The van der Waals surface area contributed by atoms with E-state index in [2.05, 4.69) is 5.32 Å². The summed E-state index contributed by atoms with van der Waals surface area (Å²) >= 11 is 6.62. The van der Waals surface area contributed by atoms with Gasteiger partial charge in [0.05, 0.1) is 16.1 Å². The van der Waals surface area contributed by atoms with Gasteiger partial charge in [-0.15, -0.1) is 0 Å². The zero-order chi connectivity index (χ0) is 28.4. The molecule has 0 atom stereocenters. The van der Waals surface area contributed by atoms with Crippen molar-refractivity contribution in [2.24, 2.45) is 0 Å². The number of halogens is 5. The summed E-state index contributed by atoms with van der Waals surface area (Å²) in [6.07, 6.45) is 0. The van der Waals surface area contributed by atoms with Crippen molar-refractivity contribution in [1.29, 1.82) is 0 Å². The molecule has 0 aromatic heterocycles. The second kappa shape index (κ2) is 10.9. The Morgan fingerprint density at radius 1 is 0.625 bits per heavy atom. The third kappa shape index (κ3) is 4.48. The first-order valence-electron chi connectivity index (χ1n) is 12.1. The highest BCUT2D eigenvalue weighted by Crippen LogP contribution is 2.46. The number of hydrogen-bond donors (Lipinski definition) is 2. The fourth-order valence-electron chi connectivity index (χ4n) is 4.93. The molecule has 40 heavy (non-hydrogen) atoms. The Morgan fingerprint density at radius 3 is 1.52 bits per heavy atom. The molecule has 0 aliphatic carbocycles. The van der Waals surface area contributed by atoms with Crippen LogP contribution in [0.4, 0.5) is 23.2 Å². The van der Waals surface area contributed by atoms with Gasteiger partial charge in [-0.1, -0.05) is 109 Å². The van der Waals surface area contributed by atoms with Crippen molar-refractivity contribution in [1.82, 2.24) is 0 Å². The van der Waals surface area contributed by atoms with E-state index >= 15 is 0 Å². The van der Waals surface area contributed by atoms with Gasteiger partial charge in [0, 0.05) is 0 Å². The quantitative estimate of drug-likeness (QED) is 0.0949. The normalized spacial score (nSPS) is 11.3. The van der Waals surface area contributed by atoms with Crippen LogP contribution in [0.2, 0.25) is 5.02 Å². The average molecular weight is 562 g/mol. The lowest BCUT2D eigenvalue weighted by molar-refractivity contribution is 0.101. The van der Waals surface area contributed by atoms with Crippen LogP contribution in [0.25, 0.3) is 0 Å². The Hall–Kier alpha value is -4.62. The van der Waals surface area contributed by atoms with Crippen LogP contribution in [0.15, 0.2) is 109 Å². The average Bonchev–Trinajstić information content (AvgIpc) is 2.98. The zero-order valence-corrected chi connectivity index (χ0v) is 21.4. The standard InChI is InChI=1S/C32H20ClF4NO2/c33-23-18-22(16-17-24(23)38-31(40)25-26(34)27(35)28(36)29(37)30(25)39)32(19-10-4-1-5-11-19,20-12-6-2-7-13-20)21-14-8-3-9-15-21/h1-18,39H,(H,38,40). The first kappa shape index (κ1) is 27.0. The lowest BCUT2D eigenvalue weighted by Crippen LogP contribution is -2.31. The highest BCUT2D eigenvalue weighted by Gasteiger charge is 2.38. The summed E-state index contributed by atoms with van der Waals surface area (Å²) in [4.78, 5) is 12.7. The van der Waals surface area contributed by atoms with Crippen molar-refractivity contribution in [2.45, 2.75) is 5.41 Å². The maximum Gasteiger partial charge on any atom is 0.262 e. The van der Waals surface area contributed by atoms with E-state index in [-0.39, 0.29) is 10.7 Å². The molecule has 0 bridgehead atoms.